The predicted octanol–water partition coefficient (Wildman–Crippen LogP) is 4.92. The van der Waals surface area contributed by atoms with Crippen molar-refractivity contribution in [2.24, 2.45) is 0 Å². The summed E-state index contributed by atoms with van der Waals surface area (Å²) < 4.78 is 11.4. The molecular formula is C19H22ClNO4. The van der Waals surface area contributed by atoms with Gasteiger partial charge in [0.25, 0.3) is 0 Å². The summed E-state index contributed by atoms with van der Waals surface area (Å²) in [5, 5.41) is 10.1. The average molecular weight is 364 g/mol. The molecule has 0 heterocycles. The number of hydrogen-bond donors (Lipinski definition) is 1. The molecule has 0 saturated carbocycles. The first-order valence-electron chi connectivity index (χ1n) is 8.03. The van der Waals surface area contributed by atoms with Gasteiger partial charge in [0.1, 0.15) is 6.23 Å². The number of rotatable bonds is 8. The molecule has 0 fully saturated rings. The fourth-order valence-electron chi connectivity index (χ4n) is 2.53. The number of carbonyl (C=O) groups is 1. The molecule has 0 spiro atoms. The lowest BCUT2D eigenvalue weighted by Crippen LogP contribution is -2.41. The topological polar surface area (TPSA) is 59.0 Å². The van der Waals surface area contributed by atoms with Gasteiger partial charge in [0.2, 0.25) is 0 Å². The zero-order valence-corrected chi connectivity index (χ0v) is 15.0. The Morgan fingerprint density at radius 3 is 2.36 bits per heavy atom. The van der Waals surface area contributed by atoms with Crippen LogP contribution in [0.4, 0.5) is 4.79 Å². The van der Waals surface area contributed by atoms with Crippen LogP contribution >= 0.6 is 11.6 Å². The molecular weight excluding hydrogens is 342 g/mol. The van der Waals surface area contributed by atoms with Crippen molar-refractivity contribution in [3.05, 3.63) is 70.7 Å². The minimum absolute atomic E-state index is 0.230. The van der Waals surface area contributed by atoms with Gasteiger partial charge in [0.05, 0.1) is 6.54 Å². The summed E-state index contributed by atoms with van der Waals surface area (Å²) in [5.74, 6) is 0. The molecule has 5 nitrogen and oxygen atoms in total. The van der Waals surface area contributed by atoms with Gasteiger partial charge >= 0.3 is 6.09 Å². The van der Waals surface area contributed by atoms with Crippen LogP contribution in [0.1, 0.15) is 30.8 Å². The van der Waals surface area contributed by atoms with E-state index in [-0.39, 0.29) is 6.54 Å². The molecule has 2 atom stereocenters. The normalized spacial score (nSPS) is 13.2. The zero-order chi connectivity index (χ0) is 18.2. The Bertz CT molecular complexity index is 680. The van der Waals surface area contributed by atoms with Gasteiger partial charge in [-0.3, -0.25) is 4.90 Å². The maximum absolute atomic E-state index is 11.8. The highest BCUT2D eigenvalue weighted by molar-refractivity contribution is 6.31. The Kier molecular flexibility index (Phi) is 7.25. The van der Waals surface area contributed by atoms with Gasteiger partial charge in [-0.1, -0.05) is 67.1 Å². The van der Waals surface area contributed by atoms with Crippen LogP contribution in [-0.4, -0.2) is 29.4 Å². The average Bonchev–Trinajstić information content (AvgIpc) is 2.63. The highest BCUT2D eigenvalue weighted by Gasteiger charge is 2.27. The molecule has 0 bridgehead atoms. The fourth-order valence-corrected chi connectivity index (χ4v) is 2.75. The predicted molar refractivity (Wildman–Crippen MR) is 96.4 cm³/mol. The van der Waals surface area contributed by atoms with Crippen molar-refractivity contribution >= 4 is 17.7 Å². The van der Waals surface area contributed by atoms with E-state index < -0.39 is 18.6 Å². The van der Waals surface area contributed by atoms with E-state index in [0.717, 1.165) is 5.56 Å². The maximum Gasteiger partial charge on any atom is 0.409 e. The van der Waals surface area contributed by atoms with E-state index in [2.05, 4.69) is 0 Å². The van der Waals surface area contributed by atoms with Crippen molar-refractivity contribution in [1.29, 1.82) is 0 Å². The molecule has 0 aromatic heterocycles. The van der Waals surface area contributed by atoms with Gasteiger partial charge in [0.15, 0.2) is 6.29 Å². The standard InChI is InChI=1S/C19H22ClNO4/c1-3-17(21(19(22)23)13-14-9-5-4-6-10-14)25-18(24-2)15-11-7-8-12-16(15)20/h4-12,17-18H,3,13H2,1-2H3,(H,22,23)/t17-,18-/m0/s1. The zero-order valence-electron chi connectivity index (χ0n) is 14.3. The summed E-state index contributed by atoms with van der Waals surface area (Å²) in [5.41, 5.74) is 1.55. The number of amides is 1. The van der Waals surface area contributed by atoms with E-state index >= 15 is 0 Å². The third-order valence-corrected chi connectivity index (χ3v) is 4.14. The molecule has 0 radical (unpaired) electrons. The lowest BCUT2D eigenvalue weighted by Gasteiger charge is -2.31. The number of hydrogen-bond acceptors (Lipinski definition) is 3. The minimum atomic E-state index is -1.05. The third kappa shape index (κ3) is 5.19. The highest BCUT2D eigenvalue weighted by atomic mass is 35.5. The molecule has 2 aromatic rings. The number of methoxy groups -OCH3 is 1. The van der Waals surface area contributed by atoms with Gasteiger partial charge in [-0.15, -0.1) is 0 Å². The number of ether oxygens (including phenoxy) is 2. The number of halogens is 1. The van der Waals surface area contributed by atoms with Crippen LogP contribution in [0.3, 0.4) is 0 Å². The summed E-state index contributed by atoms with van der Waals surface area (Å²) >= 11 is 6.21. The second-order valence-electron chi connectivity index (χ2n) is 5.48. The van der Waals surface area contributed by atoms with Gasteiger partial charge in [-0.2, -0.15) is 0 Å². The Morgan fingerprint density at radius 2 is 1.80 bits per heavy atom. The molecule has 2 aromatic carbocycles. The Hall–Kier alpha value is -2.08. The molecule has 0 aliphatic heterocycles. The van der Waals surface area contributed by atoms with Gasteiger partial charge in [-0.25, -0.2) is 4.79 Å². The number of nitrogens with zero attached hydrogens (tertiary/aromatic N) is 1. The molecule has 0 unspecified atom stereocenters. The van der Waals surface area contributed by atoms with Crippen LogP contribution in [0.2, 0.25) is 5.02 Å². The largest absolute Gasteiger partial charge is 0.465 e. The molecule has 6 heteroatoms. The second kappa shape index (κ2) is 9.42. The van der Waals surface area contributed by atoms with E-state index in [4.69, 9.17) is 21.1 Å². The Labute approximate surface area is 152 Å². The number of benzene rings is 2. The molecule has 1 N–H and O–H groups in total. The van der Waals surface area contributed by atoms with Crippen molar-refractivity contribution < 1.29 is 19.4 Å². The minimum Gasteiger partial charge on any atom is -0.465 e. The van der Waals surface area contributed by atoms with Crippen molar-refractivity contribution in [3.63, 3.8) is 0 Å². The summed E-state index contributed by atoms with van der Waals surface area (Å²) in [4.78, 5) is 13.0. The third-order valence-electron chi connectivity index (χ3n) is 3.79. The van der Waals surface area contributed by atoms with Gasteiger partial charge in [-0.05, 0) is 18.1 Å². The molecule has 134 valence electrons. The van der Waals surface area contributed by atoms with Crippen molar-refractivity contribution in [2.45, 2.75) is 32.4 Å². The van der Waals surface area contributed by atoms with Crippen molar-refractivity contribution in [3.8, 4) is 0 Å². The number of carboxylic acid groups (broad SMARTS) is 1. The van der Waals surface area contributed by atoms with Crippen LogP contribution in [-0.2, 0) is 16.0 Å². The molecule has 2 rings (SSSR count). The highest BCUT2D eigenvalue weighted by Crippen LogP contribution is 2.28. The fraction of sp³-hybridized carbons (Fsp3) is 0.316. The lowest BCUT2D eigenvalue weighted by atomic mass is 10.2. The molecule has 0 aliphatic carbocycles. The van der Waals surface area contributed by atoms with E-state index in [0.29, 0.717) is 17.0 Å². The van der Waals surface area contributed by atoms with Crippen LogP contribution in [0, 0.1) is 0 Å². The first-order valence-corrected chi connectivity index (χ1v) is 8.40. The van der Waals surface area contributed by atoms with Gasteiger partial charge < -0.3 is 14.6 Å². The molecule has 1 amide bonds. The Balaban J connectivity index is 2.19. The van der Waals surface area contributed by atoms with Crippen LogP contribution < -0.4 is 0 Å². The second-order valence-corrected chi connectivity index (χ2v) is 5.89. The summed E-state index contributed by atoms with van der Waals surface area (Å²) in [7, 11) is 1.50. The Morgan fingerprint density at radius 1 is 1.16 bits per heavy atom. The van der Waals surface area contributed by atoms with Crippen LogP contribution in [0.15, 0.2) is 54.6 Å². The smallest absolute Gasteiger partial charge is 0.409 e. The van der Waals surface area contributed by atoms with E-state index in [1.165, 1.54) is 12.0 Å². The summed E-state index contributed by atoms with van der Waals surface area (Å²) in [6.07, 6.45) is -2.00. The summed E-state index contributed by atoms with van der Waals surface area (Å²) in [6.45, 7) is 2.10. The first kappa shape index (κ1) is 19.2. The van der Waals surface area contributed by atoms with E-state index in [9.17, 15) is 9.90 Å². The van der Waals surface area contributed by atoms with E-state index in [1.807, 2.05) is 49.4 Å². The van der Waals surface area contributed by atoms with Crippen molar-refractivity contribution in [1.82, 2.24) is 4.90 Å². The maximum atomic E-state index is 11.8. The van der Waals surface area contributed by atoms with E-state index in [1.54, 1.807) is 12.1 Å². The first-order chi connectivity index (χ1) is 12.1. The van der Waals surface area contributed by atoms with Crippen molar-refractivity contribution in [2.75, 3.05) is 7.11 Å². The van der Waals surface area contributed by atoms with Crippen LogP contribution in [0.25, 0.3) is 0 Å². The van der Waals surface area contributed by atoms with Gasteiger partial charge in [0, 0.05) is 17.7 Å². The molecule has 25 heavy (non-hydrogen) atoms. The summed E-state index contributed by atoms with van der Waals surface area (Å²) in [6, 6.07) is 16.6. The molecule has 0 saturated heterocycles. The lowest BCUT2D eigenvalue weighted by molar-refractivity contribution is -0.195. The monoisotopic (exact) mass is 363 g/mol. The quantitative estimate of drug-likeness (QED) is 0.676. The SMILES string of the molecule is CC[C@H](O[C@H](OC)c1ccccc1Cl)N(Cc1ccccc1)C(=O)O. The van der Waals surface area contributed by atoms with Crippen LogP contribution in [0.5, 0.6) is 0 Å². The molecule has 0 aliphatic rings.